The van der Waals surface area contributed by atoms with Crippen molar-refractivity contribution < 1.29 is 34.1 Å². The first kappa shape index (κ1) is 22.8. The van der Waals surface area contributed by atoms with E-state index in [1.807, 2.05) is 19.1 Å². The maximum absolute atomic E-state index is 11.8. The Balaban J connectivity index is 0.000000527. The summed E-state index contributed by atoms with van der Waals surface area (Å²) in [5.41, 5.74) is 1.06. The molecule has 0 aliphatic carbocycles. The van der Waals surface area contributed by atoms with Gasteiger partial charge in [-0.1, -0.05) is 29.3 Å². The van der Waals surface area contributed by atoms with Crippen molar-refractivity contribution in [3.8, 4) is 11.5 Å². The number of aryl methyl sites for hydroxylation is 1. The molecule has 0 atom stereocenters. The summed E-state index contributed by atoms with van der Waals surface area (Å²) in [7, 11) is 0. The summed E-state index contributed by atoms with van der Waals surface area (Å²) in [4.78, 5) is 30.0. The van der Waals surface area contributed by atoms with E-state index in [1.165, 1.54) is 0 Å². The first-order valence-corrected chi connectivity index (χ1v) is 8.66. The summed E-state index contributed by atoms with van der Waals surface area (Å²) in [5.74, 6) is -3.35. The standard InChI is InChI=1S/C15H11BrCl2O3.C2H2O4/c1-9-2-4-13(11(16)6-9)21-15(19)8-20-14-5-3-10(17)7-12(14)18;3-1(4)2(5)6/h2-7H,8H2,1H3;(H,3,4)(H,5,6). The van der Waals surface area contributed by atoms with Crippen molar-refractivity contribution in [3.63, 3.8) is 0 Å². The van der Waals surface area contributed by atoms with Crippen molar-refractivity contribution in [2.45, 2.75) is 6.92 Å². The van der Waals surface area contributed by atoms with Crippen molar-refractivity contribution in [1.82, 2.24) is 0 Å². The highest BCUT2D eigenvalue weighted by Gasteiger charge is 2.11. The predicted octanol–water partition coefficient (Wildman–Crippen LogP) is 4.20. The van der Waals surface area contributed by atoms with Crippen LogP contribution >= 0.6 is 39.1 Å². The van der Waals surface area contributed by atoms with Crippen LogP contribution in [0.15, 0.2) is 40.9 Å². The second-order valence-corrected chi connectivity index (χ2v) is 6.58. The van der Waals surface area contributed by atoms with E-state index >= 15 is 0 Å². The number of carbonyl (C=O) groups excluding carboxylic acids is 1. The minimum atomic E-state index is -1.82. The number of esters is 1. The minimum absolute atomic E-state index is 0.248. The van der Waals surface area contributed by atoms with Gasteiger partial charge in [0.05, 0.1) is 9.50 Å². The monoisotopic (exact) mass is 478 g/mol. The molecule has 0 aliphatic heterocycles. The first-order chi connectivity index (χ1) is 12.6. The van der Waals surface area contributed by atoms with Crippen molar-refractivity contribution >= 4 is 57.0 Å². The molecular formula is C17H13BrCl2O7. The van der Waals surface area contributed by atoms with E-state index in [4.69, 9.17) is 52.5 Å². The van der Waals surface area contributed by atoms with Crippen LogP contribution in [0, 0.1) is 6.92 Å². The second kappa shape index (κ2) is 10.8. The maximum Gasteiger partial charge on any atom is 0.414 e. The molecule has 7 nitrogen and oxygen atoms in total. The van der Waals surface area contributed by atoms with Gasteiger partial charge < -0.3 is 19.7 Å². The zero-order valence-corrected chi connectivity index (χ0v) is 16.8. The Labute approximate surface area is 172 Å². The highest BCUT2D eigenvalue weighted by molar-refractivity contribution is 9.10. The summed E-state index contributed by atoms with van der Waals surface area (Å²) in [6.07, 6.45) is 0. The molecule has 2 aromatic carbocycles. The van der Waals surface area contributed by atoms with Gasteiger partial charge in [-0.05, 0) is 58.7 Å². The molecule has 0 heterocycles. The minimum Gasteiger partial charge on any atom is -0.480 e. The average Bonchev–Trinajstić information content (AvgIpc) is 2.57. The van der Waals surface area contributed by atoms with Crippen LogP contribution in [0.5, 0.6) is 11.5 Å². The largest absolute Gasteiger partial charge is 0.480 e. The van der Waals surface area contributed by atoms with Crippen molar-refractivity contribution in [3.05, 3.63) is 56.5 Å². The molecule has 0 fully saturated rings. The van der Waals surface area contributed by atoms with Crippen LogP contribution < -0.4 is 9.47 Å². The van der Waals surface area contributed by atoms with E-state index in [0.29, 0.717) is 26.0 Å². The molecule has 2 N–H and O–H groups in total. The van der Waals surface area contributed by atoms with Gasteiger partial charge in [0.1, 0.15) is 11.5 Å². The van der Waals surface area contributed by atoms with Gasteiger partial charge in [0, 0.05) is 5.02 Å². The van der Waals surface area contributed by atoms with Gasteiger partial charge >= 0.3 is 17.9 Å². The molecular weight excluding hydrogens is 467 g/mol. The van der Waals surface area contributed by atoms with Crippen LogP contribution in [-0.2, 0) is 14.4 Å². The SMILES string of the molecule is Cc1ccc(OC(=O)COc2ccc(Cl)cc2Cl)c(Br)c1.O=C(O)C(=O)O. The average molecular weight is 480 g/mol. The Kier molecular flexibility index (Phi) is 9.07. The molecule has 0 bridgehead atoms. The lowest BCUT2D eigenvalue weighted by molar-refractivity contribution is -0.159. The third-order valence-electron chi connectivity index (χ3n) is 2.73. The van der Waals surface area contributed by atoms with Crippen LogP contribution in [0.4, 0.5) is 0 Å². The third-order valence-corrected chi connectivity index (χ3v) is 3.88. The van der Waals surface area contributed by atoms with E-state index < -0.39 is 17.9 Å². The molecule has 0 saturated carbocycles. The summed E-state index contributed by atoms with van der Waals surface area (Å²) < 4.78 is 11.2. The molecule has 0 saturated heterocycles. The zero-order valence-electron chi connectivity index (χ0n) is 13.7. The first-order valence-electron chi connectivity index (χ1n) is 7.11. The molecule has 0 radical (unpaired) electrons. The fourth-order valence-electron chi connectivity index (χ4n) is 1.57. The molecule has 27 heavy (non-hydrogen) atoms. The number of ether oxygens (including phenoxy) is 2. The number of carboxylic acids is 2. The second-order valence-electron chi connectivity index (χ2n) is 4.88. The number of hydrogen-bond donors (Lipinski definition) is 2. The number of benzene rings is 2. The Morgan fingerprint density at radius 2 is 1.59 bits per heavy atom. The van der Waals surface area contributed by atoms with Crippen molar-refractivity contribution in [1.29, 1.82) is 0 Å². The highest BCUT2D eigenvalue weighted by atomic mass is 79.9. The van der Waals surface area contributed by atoms with Gasteiger partial charge in [-0.25, -0.2) is 14.4 Å². The van der Waals surface area contributed by atoms with Gasteiger partial charge in [0.2, 0.25) is 0 Å². The van der Waals surface area contributed by atoms with Crippen molar-refractivity contribution in [2.24, 2.45) is 0 Å². The van der Waals surface area contributed by atoms with Crippen LogP contribution in [0.25, 0.3) is 0 Å². The zero-order chi connectivity index (χ0) is 20.6. The molecule has 10 heteroatoms. The van der Waals surface area contributed by atoms with Gasteiger partial charge in [0.15, 0.2) is 6.61 Å². The summed E-state index contributed by atoms with van der Waals surface area (Å²) >= 11 is 15.1. The molecule has 0 amide bonds. The quantitative estimate of drug-likeness (QED) is 0.384. The summed E-state index contributed by atoms with van der Waals surface area (Å²) in [6, 6.07) is 10.2. The lowest BCUT2D eigenvalue weighted by Gasteiger charge is -2.09. The van der Waals surface area contributed by atoms with E-state index in [9.17, 15) is 4.79 Å². The fourth-order valence-corrected chi connectivity index (χ4v) is 2.61. The molecule has 0 spiro atoms. The van der Waals surface area contributed by atoms with Gasteiger partial charge in [-0.3, -0.25) is 0 Å². The Morgan fingerprint density at radius 1 is 1.00 bits per heavy atom. The summed E-state index contributed by atoms with van der Waals surface area (Å²) in [5, 5.41) is 15.6. The predicted molar refractivity (Wildman–Crippen MR) is 102 cm³/mol. The highest BCUT2D eigenvalue weighted by Crippen LogP contribution is 2.28. The number of aliphatic carboxylic acids is 2. The number of rotatable bonds is 4. The van der Waals surface area contributed by atoms with E-state index in [2.05, 4.69) is 15.9 Å². The maximum atomic E-state index is 11.8. The van der Waals surface area contributed by atoms with Crippen LogP contribution in [0.1, 0.15) is 5.56 Å². The van der Waals surface area contributed by atoms with E-state index in [1.54, 1.807) is 24.3 Å². The van der Waals surface area contributed by atoms with Crippen LogP contribution in [0.3, 0.4) is 0 Å². The Hall–Kier alpha value is -2.29. The molecule has 2 aromatic rings. The third kappa shape index (κ3) is 8.29. The van der Waals surface area contributed by atoms with E-state index in [-0.39, 0.29) is 6.61 Å². The molecule has 0 unspecified atom stereocenters. The van der Waals surface area contributed by atoms with Crippen molar-refractivity contribution in [2.75, 3.05) is 6.61 Å². The van der Waals surface area contributed by atoms with Gasteiger partial charge in [-0.15, -0.1) is 0 Å². The van der Waals surface area contributed by atoms with Crippen LogP contribution in [-0.4, -0.2) is 34.7 Å². The lowest BCUT2D eigenvalue weighted by Crippen LogP contribution is -2.18. The number of hydrogen-bond acceptors (Lipinski definition) is 5. The number of carboxylic acid groups (broad SMARTS) is 2. The topological polar surface area (TPSA) is 110 Å². The normalized spacial score (nSPS) is 9.63. The lowest BCUT2D eigenvalue weighted by atomic mass is 10.2. The Bertz CT molecular complexity index is 843. The molecule has 0 aromatic heterocycles. The van der Waals surface area contributed by atoms with Gasteiger partial charge in [-0.2, -0.15) is 0 Å². The molecule has 0 aliphatic rings. The van der Waals surface area contributed by atoms with E-state index in [0.717, 1.165) is 5.56 Å². The smallest absolute Gasteiger partial charge is 0.414 e. The molecule has 144 valence electrons. The molecule has 2 rings (SSSR count). The van der Waals surface area contributed by atoms with Crippen LogP contribution in [0.2, 0.25) is 10.0 Å². The Morgan fingerprint density at radius 3 is 2.11 bits per heavy atom. The number of halogens is 3. The van der Waals surface area contributed by atoms with Gasteiger partial charge in [0.25, 0.3) is 0 Å². The fraction of sp³-hybridized carbons (Fsp3) is 0.118. The summed E-state index contributed by atoms with van der Waals surface area (Å²) in [6.45, 7) is 1.70. The number of carbonyl (C=O) groups is 3.